The molecule has 7 nitrogen and oxygen atoms in total. The average Bonchev–Trinajstić information content (AvgIpc) is 3.12. The zero-order valence-electron chi connectivity index (χ0n) is 23.5. The van der Waals surface area contributed by atoms with Crippen molar-refractivity contribution in [2.75, 3.05) is 31.1 Å². The van der Waals surface area contributed by atoms with E-state index in [0.717, 1.165) is 51.0 Å². The third kappa shape index (κ3) is 5.52. The van der Waals surface area contributed by atoms with Crippen molar-refractivity contribution in [3.8, 4) is 0 Å². The van der Waals surface area contributed by atoms with Gasteiger partial charge < -0.3 is 19.9 Å². The molecule has 2 saturated heterocycles. The fourth-order valence-electron chi connectivity index (χ4n) is 6.53. The van der Waals surface area contributed by atoms with Gasteiger partial charge in [0, 0.05) is 49.8 Å². The van der Waals surface area contributed by atoms with E-state index in [1.165, 1.54) is 24.1 Å². The Kier molecular flexibility index (Phi) is 6.91. The molecule has 3 aliphatic rings. The van der Waals surface area contributed by atoms with Crippen molar-refractivity contribution in [2.45, 2.75) is 78.4 Å². The standard InChI is InChI=1S/C31H42N4O3/c1-29(2,3)38-28(37)33-26-25-20-22(6-7-23(25)21-30(26,4)5)27(36)35-18-12-31(13-19-35)10-16-34(17-11-31)24-8-14-32-15-9-24/h6-9,14-15,20,26H,10-13,16-19,21H2,1-5H3,(H,33,37). The van der Waals surface area contributed by atoms with Gasteiger partial charge in [0.2, 0.25) is 0 Å². The van der Waals surface area contributed by atoms with Crippen LogP contribution in [0, 0.1) is 10.8 Å². The predicted octanol–water partition coefficient (Wildman–Crippen LogP) is 5.75. The second-order valence-electron chi connectivity index (χ2n) is 13.1. The van der Waals surface area contributed by atoms with Crippen molar-refractivity contribution < 1.29 is 14.3 Å². The van der Waals surface area contributed by atoms with E-state index in [9.17, 15) is 9.59 Å². The van der Waals surface area contributed by atoms with Crippen molar-refractivity contribution in [1.82, 2.24) is 15.2 Å². The first-order valence-electron chi connectivity index (χ1n) is 14.0. The lowest BCUT2D eigenvalue weighted by Gasteiger charge is -2.47. The average molecular weight is 519 g/mol. The molecule has 1 atom stereocenters. The minimum Gasteiger partial charge on any atom is -0.444 e. The number of aromatic nitrogens is 1. The van der Waals surface area contributed by atoms with E-state index >= 15 is 0 Å². The summed E-state index contributed by atoms with van der Waals surface area (Å²) >= 11 is 0. The third-order valence-corrected chi connectivity index (χ3v) is 8.76. The van der Waals surface area contributed by atoms with E-state index in [1.54, 1.807) is 0 Å². The molecule has 2 aromatic rings. The van der Waals surface area contributed by atoms with Crippen molar-refractivity contribution in [1.29, 1.82) is 0 Å². The van der Waals surface area contributed by atoms with E-state index in [4.69, 9.17) is 4.74 Å². The summed E-state index contributed by atoms with van der Waals surface area (Å²) in [6, 6.07) is 10.0. The Morgan fingerprint density at radius 2 is 1.61 bits per heavy atom. The van der Waals surface area contributed by atoms with Gasteiger partial charge in [-0.25, -0.2) is 4.79 Å². The molecule has 1 unspecified atom stereocenters. The fraction of sp³-hybridized carbons (Fsp3) is 0.581. The molecule has 0 bridgehead atoms. The molecule has 7 heteroatoms. The van der Waals surface area contributed by atoms with Crippen LogP contribution in [0.5, 0.6) is 0 Å². The van der Waals surface area contributed by atoms with Gasteiger partial charge in [-0.1, -0.05) is 19.9 Å². The monoisotopic (exact) mass is 518 g/mol. The van der Waals surface area contributed by atoms with E-state index in [-0.39, 0.29) is 17.4 Å². The van der Waals surface area contributed by atoms with Crippen molar-refractivity contribution in [3.63, 3.8) is 0 Å². The molecule has 2 fully saturated rings. The highest BCUT2D eigenvalue weighted by atomic mass is 16.6. The lowest BCUT2D eigenvalue weighted by Crippen LogP contribution is -2.48. The highest BCUT2D eigenvalue weighted by Gasteiger charge is 2.42. The summed E-state index contributed by atoms with van der Waals surface area (Å²) in [6.45, 7) is 13.6. The number of carbonyl (C=O) groups excluding carboxylic acids is 2. The van der Waals surface area contributed by atoms with Gasteiger partial charge in [-0.15, -0.1) is 0 Å². The summed E-state index contributed by atoms with van der Waals surface area (Å²) in [4.78, 5) is 34.8. The van der Waals surface area contributed by atoms with Crippen LogP contribution in [-0.4, -0.2) is 53.7 Å². The number of amides is 2. The van der Waals surface area contributed by atoms with Crippen LogP contribution in [0.3, 0.4) is 0 Å². The lowest BCUT2D eigenvalue weighted by molar-refractivity contribution is 0.0465. The van der Waals surface area contributed by atoms with Gasteiger partial charge in [-0.3, -0.25) is 9.78 Å². The van der Waals surface area contributed by atoms with Crippen LogP contribution in [0.2, 0.25) is 0 Å². The molecule has 2 aliphatic heterocycles. The predicted molar refractivity (Wildman–Crippen MR) is 149 cm³/mol. The minimum atomic E-state index is -0.561. The van der Waals surface area contributed by atoms with E-state index in [0.29, 0.717) is 11.0 Å². The molecule has 1 aliphatic carbocycles. The number of likely N-dealkylation sites (tertiary alicyclic amines) is 1. The molecule has 5 rings (SSSR count). The Morgan fingerprint density at radius 3 is 2.24 bits per heavy atom. The highest BCUT2D eigenvalue weighted by molar-refractivity contribution is 5.94. The maximum atomic E-state index is 13.6. The minimum absolute atomic E-state index is 0.0950. The summed E-state index contributed by atoms with van der Waals surface area (Å²) in [5, 5.41) is 3.09. The van der Waals surface area contributed by atoms with Gasteiger partial charge in [-0.05, 0) is 99.1 Å². The molecule has 2 amide bonds. The molecular formula is C31H42N4O3. The molecule has 1 aromatic heterocycles. The van der Waals surface area contributed by atoms with Crippen molar-refractivity contribution in [3.05, 3.63) is 59.4 Å². The number of piperidine rings is 2. The summed E-state index contributed by atoms with van der Waals surface area (Å²) < 4.78 is 5.54. The van der Waals surface area contributed by atoms with Crippen LogP contribution in [0.25, 0.3) is 0 Å². The fourth-order valence-corrected chi connectivity index (χ4v) is 6.53. The van der Waals surface area contributed by atoms with Gasteiger partial charge in [0.25, 0.3) is 5.91 Å². The number of ether oxygens (including phenoxy) is 1. The van der Waals surface area contributed by atoms with Crippen LogP contribution in [0.1, 0.15) is 87.8 Å². The Morgan fingerprint density at radius 1 is 0.974 bits per heavy atom. The largest absolute Gasteiger partial charge is 0.444 e. The van der Waals surface area contributed by atoms with Crippen molar-refractivity contribution >= 4 is 17.7 Å². The molecule has 1 aromatic carbocycles. The van der Waals surface area contributed by atoms with E-state index < -0.39 is 11.7 Å². The normalized spacial score (nSPS) is 22.2. The maximum Gasteiger partial charge on any atom is 0.408 e. The Balaban J connectivity index is 1.22. The number of nitrogens with one attached hydrogen (secondary N) is 1. The summed E-state index contributed by atoms with van der Waals surface area (Å²) in [5.41, 5.74) is 3.79. The SMILES string of the molecule is CC(C)(C)OC(=O)NC1c2cc(C(=O)N3CCC4(CC3)CCN(c3ccncc3)CC4)ccc2CC1(C)C. The van der Waals surface area contributed by atoms with Crippen LogP contribution >= 0.6 is 0 Å². The first kappa shape index (κ1) is 26.5. The zero-order chi connectivity index (χ0) is 27.1. The Bertz CT molecular complexity index is 1170. The summed E-state index contributed by atoms with van der Waals surface area (Å²) in [6.07, 6.45) is 8.61. The highest BCUT2D eigenvalue weighted by Crippen LogP contribution is 2.46. The quantitative estimate of drug-likeness (QED) is 0.560. The second-order valence-corrected chi connectivity index (χ2v) is 13.1. The number of hydrogen-bond acceptors (Lipinski definition) is 5. The second kappa shape index (κ2) is 9.90. The lowest BCUT2D eigenvalue weighted by atomic mass is 9.71. The number of fused-ring (bicyclic) bond motifs is 1. The molecule has 3 heterocycles. The van der Waals surface area contributed by atoms with Crippen LogP contribution < -0.4 is 10.2 Å². The molecular weight excluding hydrogens is 476 g/mol. The molecule has 204 valence electrons. The number of nitrogens with zero attached hydrogens (tertiary/aromatic N) is 3. The number of carbonyl (C=O) groups is 2. The van der Waals surface area contributed by atoms with Gasteiger partial charge in [0.1, 0.15) is 5.60 Å². The first-order valence-corrected chi connectivity index (χ1v) is 14.0. The van der Waals surface area contributed by atoms with Gasteiger partial charge in [0.15, 0.2) is 0 Å². The van der Waals surface area contributed by atoms with Crippen LogP contribution in [-0.2, 0) is 11.2 Å². The summed E-state index contributed by atoms with van der Waals surface area (Å²) in [7, 11) is 0. The van der Waals surface area contributed by atoms with Gasteiger partial charge >= 0.3 is 6.09 Å². The molecule has 1 N–H and O–H groups in total. The summed E-state index contributed by atoms with van der Waals surface area (Å²) in [5.74, 6) is 0.0950. The number of rotatable bonds is 3. The zero-order valence-corrected chi connectivity index (χ0v) is 23.5. The van der Waals surface area contributed by atoms with E-state index in [1.807, 2.05) is 50.2 Å². The Hall–Kier alpha value is -3.09. The Labute approximate surface area is 226 Å². The molecule has 0 radical (unpaired) electrons. The topological polar surface area (TPSA) is 74.8 Å². The third-order valence-electron chi connectivity index (χ3n) is 8.76. The van der Waals surface area contributed by atoms with Gasteiger partial charge in [0.05, 0.1) is 6.04 Å². The molecule has 1 spiro atoms. The van der Waals surface area contributed by atoms with Crippen molar-refractivity contribution in [2.24, 2.45) is 10.8 Å². The number of benzene rings is 1. The maximum absolute atomic E-state index is 13.6. The number of alkyl carbamates (subject to hydrolysis) is 1. The smallest absolute Gasteiger partial charge is 0.408 e. The van der Waals surface area contributed by atoms with E-state index in [2.05, 4.69) is 47.2 Å². The van der Waals surface area contributed by atoms with Crippen LogP contribution in [0.4, 0.5) is 10.5 Å². The van der Waals surface area contributed by atoms with Gasteiger partial charge in [-0.2, -0.15) is 0 Å². The number of anilines is 1. The number of hydrogen-bond donors (Lipinski definition) is 1. The van der Waals surface area contributed by atoms with Crippen LogP contribution in [0.15, 0.2) is 42.7 Å². The molecule has 0 saturated carbocycles. The first-order chi connectivity index (χ1) is 17.9. The molecule has 38 heavy (non-hydrogen) atoms. The number of pyridine rings is 1.